The van der Waals surface area contributed by atoms with E-state index in [0.717, 1.165) is 19.6 Å². The smallest absolute Gasteiger partial charge is 0.275 e. The minimum atomic E-state index is -0.200. The fourth-order valence-corrected chi connectivity index (χ4v) is 4.46. The number of hydrazine groups is 1. The summed E-state index contributed by atoms with van der Waals surface area (Å²) in [6.07, 6.45) is 0. The zero-order valence-corrected chi connectivity index (χ0v) is 13.3. The first kappa shape index (κ1) is 14.8. The summed E-state index contributed by atoms with van der Waals surface area (Å²) in [6, 6.07) is 1.97. The van der Waals surface area contributed by atoms with Crippen LogP contribution in [-0.4, -0.2) is 34.4 Å². The van der Waals surface area contributed by atoms with E-state index in [2.05, 4.69) is 31.1 Å². The van der Waals surface area contributed by atoms with E-state index in [4.69, 9.17) is 5.84 Å². The number of amides is 1. The number of nitrogens with one attached hydrogen (secondary N) is 1. The molecule has 1 fully saturated rings. The van der Waals surface area contributed by atoms with Gasteiger partial charge in [0.15, 0.2) is 0 Å². The Morgan fingerprint density at radius 3 is 2.95 bits per heavy atom. The molecule has 0 bridgehead atoms. The van der Waals surface area contributed by atoms with E-state index in [-0.39, 0.29) is 5.91 Å². The highest BCUT2D eigenvalue weighted by Crippen LogP contribution is 2.31. The number of hydrogen-bond donors (Lipinski definition) is 2. The largest absolute Gasteiger partial charge is 0.297 e. The number of thioether (sulfide) groups is 1. The second kappa shape index (κ2) is 5.83. The van der Waals surface area contributed by atoms with Crippen LogP contribution < -0.4 is 11.3 Å². The number of rotatable bonds is 3. The van der Waals surface area contributed by atoms with E-state index in [9.17, 15) is 4.79 Å². The summed E-state index contributed by atoms with van der Waals surface area (Å²) in [4.78, 5) is 15.9. The molecule has 1 amide bonds. The van der Waals surface area contributed by atoms with Crippen molar-refractivity contribution in [2.75, 3.05) is 18.8 Å². The van der Waals surface area contributed by atoms with E-state index in [0.29, 0.717) is 9.62 Å². The minimum absolute atomic E-state index is 0.200. The van der Waals surface area contributed by atoms with Gasteiger partial charge in [0.1, 0.15) is 0 Å². The summed E-state index contributed by atoms with van der Waals surface area (Å²) in [5.74, 6) is 6.15. The molecular formula is C13H21N3OS2. The van der Waals surface area contributed by atoms with Gasteiger partial charge in [0, 0.05) is 35.0 Å². The van der Waals surface area contributed by atoms with Gasteiger partial charge < -0.3 is 0 Å². The van der Waals surface area contributed by atoms with Crippen LogP contribution >= 0.6 is 23.1 Å². The highest BCUT2D eigenvalue weighted by atomic mass is 32.2. The minimum Gasteiger partial charge on any atom is -0.297 e. The van der Waals surface area contributed by atoms with Crippen molar-refractivity contribution >= 4 is 29.0 Å². The maximum absolute atomic E-state index is 11.5. The summed E-state index contributed by atoms with van der Waals surface area (Å²) in [5, 5.41) is 0. The molecule has 0 saturated carbocycles. The second-order valence-electron chi connectivity index (χ2n) is 5.48. The molecule has 1 aromatic rings. The lowest BCUT2D eigenvalue weighted by Gasteiger charge is -2.37. The topological polar surface area (TPSA) is 58.4 Å². The quantitative estimate of drug-likeness (QED) is 0.509. The summed E-state index contributed by atoms with van der Waals surface area (Å²) in [5.41, 5.74) is 3.44. The van der Waals surface area contributed by atoms with Crippen LogP contribution in [0.3, 0.4) is 0 Å². The molecule has 0 atom stereocenters. The molecule has 6 heteroatoms. The molecule has 0 aliphatic carbocycles. The Hall–Kier alpha value is -0.560. The molecule has 2 rings (SSSR count). The van der Waals surface area contributed by atoms with Crippen molar-refractivity contribution in [1.82, 2.24) is 10.3 Å². The zero-order valence-electron chi connectivity index (χ0n) is 11.7. The SMILES string of the molecule is Cc1sc(C(=O)NN)cc1CN1CCSC(C)(C)C1. The van der Waals surface area contributed by atoms with Crippen molar-refractivity contribution in [2.24, 2.45) is 5.84 Å². The van der Waals surface area contributed by atoms with Gasteiger partial charge in [-0.15, -0.1) is 11.3 Å². The number of aryl methyl sites for hydroxylation is 1. The van der Waals surface area contributed by atoms with Crippen molar-refractivity contribution in [1.29, 1.82) is 0 Å². The summed E-state index contributed by atoms with van der Waals surface area (Å²) in [6.45, 7) is 9.77. The number of hydrogen-bond acceptors (Lipinski definition) is 5. The lowest BCUT2D eigenvalue weighted by molar-refractivity contribution is 0.0957. The standard InChI is InChI=1S/C13H21N3OS2/c1-9-10(6-11(19-9)12(17)15-14)7-16-4-5-18-13(2,3)8-16/h6H,4-5,7-8,14H2,1-3H3,(H,15,17). The van der Waals surface area contributed by atoms with Crippen molar-refractivity contribution < 1.29 is 4.79 Å². The molecule has 0 aromatic carbocycles. The van der Waals surface area contributed by atoms with Crippen LogP contribution in [0.25, 0.3) is 0 Å². The third kappa shape index (κ3) is 3.72. The molecule has 4 nitrogen and oxygen atoms in total. The van der Waals surface area contributed by atoms with Gasteiger partial charge in [-0.3, -0.25) is 15.1 Å². The summed E-state index contributed by atoms with van der Waals surface area (Å²) >= 11 is 3.54. The molecule has 1 aliphatic heterocycles. The van der Waals surface area contributed by atoms with Crippen LogP contribution in [0.4, 0.5) is 0 Å². The molecule has 106 valence electrons. The van der Waals surface area contributed by atoms with E-state index < -0.39 is 0 Å². The van der Waals surface area contributed by atoms with Crippen LogP contribution in [0.2, 0.25) is 0 Å². The fraction of sp³-hybridized carbons (Fsp3) is 0.615. The summed E-state index contributed by atoms with van der Waals surface area (Å²) in [7, 11) is 0. The molecule has 0 unspecified atom stereocenters. The number of nitrogens with zero attached hydrogens (tertiary/aromatic N) is 1. The van der Waals surface area contributed by atoms with Crippen molar-refractivity contribution in [3.63, 3.8) is 0 Å². The maximum atomic E-state index is 11.5. The van der Waals surface area contributed by atoms with Gasteiger partial charge in [0.25, 0.3) is 5.91 Å². The van der Waals surface area contributed by atoms with Crippen LogP contribution in [0.1, 0.15) is 34.0 Å². The van der Waals surface area contributed by atoms with Crippen LogP contribution in [0, 0.1) is 6.92 Å². The Morgan fingerprint density at radius 2 is 2.32 bits per heavy atom. The number of thiophene rings is 1. The lowest BCUT2D eigenvalue weighted by Crippen LogP contribution is -2.42. The van der Waals surface area contributed by atoms with Crippen LogP contribution in [0.5, 0.6) is 0 Å². The predicted molar refractivity (Wildman–Crippen MR) is 82.5 cm³/mol. The molecule has 0 radical (unpaired) electrons. The zero-order chi connectivity index (χ0) is 14.0. The Balaban J connectivity index is 2.07. The molecule has 19 heavy (non-hydrogen) atoms. The molecule has 0 spiro atoms. The van der Waals surface area contributed by atoms with E-state index in [1.165, 1.54) is 27.5 Å². The average molecular weight is 299 g/mol. The molecule has 1 aliphatic rings. The highest BCUT2D eigenvalue weighted by molar-refractivity contribution is 8.00. The van der Waals surface area contributed by atoms with E-state index in [1.54, 1.807) is 0 Å². The van der Waals surface area contributed by atoms with Gasteiger partial charge in [0.05, 0.1) is 4.88 Å². The fourth-order valence-electron chi connectivity index (χ4n) is 2.35. The monoisotopic (exact) mass is 299 g/mol. The Labute approximate surface area is 122 Å². The molecular weight excluding hydrogens is 278 g/mol. The van der Waals surface area contributed by atoms with Crippen molar-refractivity contribution in [2.45, 2.75) is 32.1 Å². The van der Waals surface area contributed by atoms with Gasteiger partial charge in [-0.1, -0.05) is 0 Å². The van der Waals surface area contributed by atoms with Gasteiger partial charge in [0.2, 0.25) is 0 Å². The maximum Gasteiger partial charge on any atom is 0.275 e. The molecule has 1 aromatic heterocycles. The second-order valence-corrected chi connectivity index (χ2v) is 8.54. The lowest BCUT2D eigenvalue weighted by atomic mass is 10.1. The first-order valence-corrected chi connectivity index (χ1v) is 8.18. The number of carbonyl (C=O) groups is 1. The molecule has 2 heterocycles. The van der Waals surface area contributed by atoms with E-state index >= 15 is 0 Å². The predicted octanol–water partition coefficient (Wildman–Crippen LogP) is 1.99. The van der Waals surface area contributed by atoms with E-state index in [1.807, 2.05) is 17.8 Å². The van der Waals surface area contributed by atoms with Gasteiger partial charge in [-0.25, -0.2) is 5.84 Å². The van der Waals surface area contributed by atoms with Crippen molar-refractivity contribution in [3.8, 4) is 0 Å². The third-order valence-electron chi connectivity index (χ3n) is 3.27. The first-order valence-electron chi connectivity index (χ1n) is 6.38. The summed E-state index contributed by atoms with van der Waals surface area (Å²) < 4.78 is 0.319. The van der Waals surface area contributed by atoms with Gasteiger partial charge >= 0.3 is 0 Å². The Bertz CT molecular complexity index is 470. The first-order chi connectivity index (χ1) is 8.91. The van der Waals surface area contributed by atoms with Crippen LogP contribution in [-0.2, 0) is 6.54 Å². The highest BCUT2D eigenvalue weighted by Gasteiger charge is 2.27. The van der Waals surface area contributed by atoms with Gasteiger partial charge in [-0.2, -0.15) is 11.8 Å². The Kier molecular flexibility index (Phi) is 4.55. The van der Waals surface area contributed by atoms with Crippen LogP contribution in [0.15, 0.2) is 6.07 Å². The van der Waals surface area contributed by atoms with Gasteiger partial charge in [-0.05, 0) is 32.4 Å². The number of nitrogen functional groups attached to an aromatic ring is 1. The average Bonchev–Trinajstić information content (AvgIpc) is 2.69. The molecule has 1 saturated heterocycles. The molecule has 3 N–H and O–H groups in total. The normalized spacial score (nSPS) is 19.4. The number of nitrogens with two attached hydrogens (primary N) is 1. The Morgan fingerprint density at radius 1 is 1.58 bits per heavy atom. The van der Waals surface area contributed by atoms with Crippen molar-refractivity contribution in [3.05, 3.63) is 21.4 Å². The number of carbonyl (C=O) groups excluding carboxylic acids is 1. The third-order valence-corrected chi connectivity index (χ3v) is 5.66.